The molecule has 0 aromatic heterocycles. The van der Waals surface area contributed by atoms with Crippen LogP contribution in [0.3, 0.4) is 0 Å². The summed E-state index contributed by atoms with van der Waals surface area (Å²) in [5, 5.41) is 4.05. The number of hydrogen-bond acceptors (Lipinski definition) is 2. The molecule has 0 unspecified atom stereocenters. The molecule has 1 aromatic carbocycles. The van der Waals surface area contributed by atoms with E-state index in [0.717, 1.165) is 11.1 Å². The van der Waals surface area contributed by atoms with Gasteiger partial charge in [0.15, 0.2) is 0 Å². The van der Waals surface area contributed by atoms with Gasteiger partial charge in [0.1, 0.15) is 6.61 Å². The van der Waals surface area contributed by atoms with Crippen LogP contribution in [0.25, 0.3) is 6.08 Å². The Balaban J connectivity index is 1.75. The Morgan fingerprint density at radius 2 is 1.94 bits per heavy atom. The molecular weight excluding hydrogens is 210 g/mol. The molecule has 2 nitrogen and oxygen atoms in total. The predicted molar refractivity (Wildman–Crippen MR) is 71.8 cm³/mol. The number of oxime groups is 1. The molecule has 17 heavy (non-hydrogen) atoms. The van der Waals surface area contributed by atoms with Crippen molar-refractivity contribution in [3.8, 4) is 0 Å². The van der Waals surface area contributed by atoms with E-state index in [1.54, 1.807) is 0 Å². The van der Waals surface area contributed by atoms with E-state index in [4.69, 9.17) is 4.84 Å². The fourth-order valence-corrected chi connectivity index (χ4v) is 2.10. The smallest absolute Gasteiger partial charge is 0.142 e. The standard InChI is InChI=1S/C15H19NO/c1-2-13-7-9-15(10-8-13)12-17-16-11-14-5-3-4-6-14/h2,7-11,14H,1,3-6,12H2. The summed E-state index contributed by atoms with van der Waals surface area (Å²) >= 11 is 0. The predicted octanol–water partition coefficient (Wildman–Crippen LogP) is 4.02. The number of rotatable bonds is 5. The van der Waals surface area contributed by atoms with E-state index in [0.29, 0.717) is 12.5 Å². The van der Waals surface area contributed by atoms with Crippen LogP contribution in [0.15, 0.2) is 36.0 Å². The lowest BCUT2D eigenvalue weighted by Gasteiger charge is -2.02. The molecule has 0 atom stereocenters. The highest BCUT2D eigenvalue weighted by molar-refractivity contribution is 5.60. The van der Waals surface area contributed by atoms with Crippen molar-refractivity contribution >= 4 is 12.3 Å². The fourth-order valence-electron chi connectivity index (χ4n) is 2.10. The van der Waals surface area contributed by atoms with Gasteiger partial charge in [0, 0.05) is 6.21 Å². The Labute approximate surface area is 103 Å². The molecule has 1 aliphatic carbocycles. The largest absolute Gasteiger partial charge is 0.391 e. The zero-order valence-electron chi connectivity index (χ0n) is 10.1. The van der Waals surface area contributed by atoms with Crippen molar-refractivity contribution in [2.75, 3.05) is 0 Å². The molecule has 90 valence electrons. The van der Waals surface area contributed by atoms with Crippen LogP contribution in [-0.2, 0) is 11.4 Å². The third-order valence-electron chi connectivity index (χ3n) is 3.19. The van der Waals surface area contributed by atoms with Gasteiger partial charge in [-0.15, -0.1) is 0 Å². The van der Waals surface area contributed by atoms with Crippen LogP contribution < -0.4 is 0 Å². The molecule has 2 rings (SSSR count). The third kappa shape index (κ3) is 3.74. The second kappa shape index (κ2) is 6.24. The van der Waals surface area contributed by atoms with Gasteiger partial charge in [0.25, 0.3) is 0 Å². The molecule has 0 saturated heterocycles. The van der Waals surface area contributed by atoms with Crippen molar-refractivity contribution in [1.82, 2.24) is 0 Å². The van der Waals surface area contributed by atoms with E-state index in [1.165, 1.54) is 25.7 Å². The Kier molecular flexibility index (Phi) is 4.37. The first-order valence-electron chi connectivity index (χ1n) is 6.25. The van der Waals surface area contributed by atoms with Crippen LogP contribution in [0, 0.1) is 5.92 Å². The highest BCUT2D eigenvalue weighted by atomic mass is 16.6. The Bertz CT molecular complexity index is 374. The zero-order valence-corrected chi connectivity index (χ0v) is 10.1. The number of hydrogen-bond donors (Lipinski definition) is 0. The van der Waals surface area contributed by atoms with Crippen LogP contribution in [0.2, 0.25) is 0 Å². The van der Waals surface area contributed by atoms with Crippen LogP contribution in [-0.4, -0.2) is 6.21 Å². The minimum atomic E-state index is 0.542. The van der Waals surface area contributed by atoms with E-state index in [-0.39, 0.29) is 0 Å². The van der Waals surface area contributed by atoms with Gasteiger partial charge in [-0.3, -0.25) is 0 Å². The van der Waals surface area contributed by atoms with Crippen LogP contribution in [0.4, 0.5) is 0 Å². The van der Waals surface area contributed by atoms with Crippen molar-refractivity contribution in [3.05, 3.63) is 42.0 Å². The molecule has 0 N–H and O–H groups in total. The molecule has 1 aromatic rings. The van der Waals surface area contributed by atoms with Gasteiger partial charge in [0.2, 0.25) is 0 Å². The second-order valence-corrected chi connectivity index (χ2v) is 4.52. The third-order valence-corrected chi connectivity index (χ3v) is 3.19. The summed E-state index contributed by atoms with van der Waals surface area (Å²) < 4.78 is 0. The quantitative estimate of drug-likeness (QED) is 0.552. The van der Waals surface area contributed by atoms with Gasteiger partial charge in [-0.1, -0.05) is 54.9 Å². The number of nitrogens with zero attached hydrogens (tertiary/aromatic N) is 1. The molecule has 0 bridgehead atoms. The van der Waals surface area contributed by atoms with Gasteiger partial charge < -0.3 is 4.84 Å². The first-order valence-corrected chi connectivity index (χ1v) is 6.25. The molecule has 0 radical (unpaired) electrons. The molecule has 0 amide bonds. The maximum atomic E-state index is 5.30. The van der Waals surface area contributed by atoms with E-state index >= 15 is 0 Å². The molecular formula is C15H19NO. The molecule has 0 spiro atoms. The normalized spacial score (nSPS) is 16.5. The monoisotopic (exact) mass is 229 g/mol. The molecule has 1 fully saturated rings. The van der Waals surface area contributed by atoms with Gasteiger partial charge in [-0.2, -0.15) is 0 Å². The zero-order chi connectivity index (χ0) is 11.9. The SMILES string of the molecule is C=Cc1ccc(CON=CC2CCCC2)cc1. The summed E-state index contributed by atoms with van der Waals surface area (Å²) in [5.74, 6) is 0.637. The molecule has 0 heterocycles. The van der Waals surface area contributed by atoms with E-state index in [1.807, 2.05) is 36.6 Å². The maximum Gasteiger partial charge on any atom is 0.142 e. The average molecular weight is 229 g/mol. The first kappa shape index (κ1) is 11.9. The first-order chi connectivity index (χ1) is 8.38. The summed E-state index contributed by atoms with van der Waals surface area (Å²) in [6.45, 7) is 4.27. The average Bonchev–Trinajstić information content (AvgIpc) is 2.88. The van der Waals surface area contributed by atoms with Gasteiger partial charge in [0.05, 0.1) is 0 Å². The minimum Gasteiger partial charge on any atom is -0.391 e. The summed E-state index contributed by atoms with van der Waals surface area (Å²) in [6, 6.07) is 8.16. The van der Waals surface area contributed by atoms with Gasteiger partial charge >= 0.3 is 0 Å². The summed E-state index contributed by atoms with van der Waals surface area (Å²) in [7, 11) is 0. The fraction of sp³-hybridized carbons (Fsp3) is 0.400. The van der Waals surface area contributed by atoms with Gasteiger partial charge in [-0.05, 0) is 29.9 Å². The molecule has 1 aliphatic rings. The van der Waals surface area contributed by atoms with E-state index in [9.17, 15) is 0 Å². The molecule has 1 saturated carbocycles. The number of benzene rings is 1. The molecule has 0 aliphatic heterocycles. The topological polar surface area (TPSA) is 21.6 Å². The Morgan fingerprint density at radius 3 is 2.59 bits per heavy atom. The van der Waals surface area contributed by atoms with Crippen molar-refractivity contribution in [1.29, 1.82) is 0 Å². The maximum absolute atomic E-state index is 5.30. The van der Waals surface area contributed by atoms with Crippen LogP contribution in [0.1, 0.15) is 36.8 Å². The van der Waals surface area contributed by atoms with Crippen LogP contribution in [0.5, 0.6) is 0 Å². The van der Waals surface area contributed by atoms with Gasteiger partial charge in [-0.25, -0.2) is 0 Å². The van der Waals surface area contributed by atoms with E-state index < -0.39 is 0 Å². The minimum absolute atomic E-state index is 0.542. The van der Waals surface area contributed by atoms with Crippen molar-refractivity contribution in [2.45, 2.75) is 32.3 Å². The Hall–Kier alpha value is -1.57. The van der Waals surface area contributed by atoms with Crippen LogP contribution >= 0.6 is 0 Å². The summed E-state index contributed by atoms with van der Waals surface area (Å²) in [6.07, 6.45) is 9.00. The van der Waals surface area contributed by atoms with Crippen molar-refractivity contribution in [2.24, 2.45) is 11.1 Å². The highest BCUT2D eigenvalue weighted by Gasteiger charge is 2.12. The van der Waals surface area contributed by atoms with E-state index in [2.05, 4.69) is 11.7 Å². The molecule has 2 heteroatoms. The second-order valence-electron chi connectivity index (χ2n) is 4.52. The summed E-state index contributed by atoms with van der Waals surface area (Å²) in [5.41, 5.74) is 2.27. The van der Waals surface area contributed by atoms with Crippen molar-refractivity contribution in [3.63, 3.8) is 0 Å². The lowest BCUT2D eigenvalue weighted by atomic mass is 10.1. The lowest BCUT2D eigenvalue weighted by molar-refractivity contribution is 0.130. The highest BCUT2D eigenvalue weighted by Crippen LogP contribution is 2.22. The Morgan fingerprint density at radius 1 is 1.24 bits per heavy atom. The summed E-state index contributed by atoms with van der Waals surface area (Å²) in [4.78, 5) is 5.30. The van der Waals surface area contributed by atoms with Crippen molar-refractivity contribution < 1.29 is 4.84 Å². The lowest BCUT2D eigenvalue weighted by Crippen LogP contribution is -1.95.